The fourth-order valence-electron chi connectivity index (χ4n) is 3.42. The first kappa shape index (κ1) is 23.2. The Morgan fingerprint density at radius 1 is 1.37 bits per heavy atom. The summed E-state index contributed by atoms with van der Waals surface area (Å²) in [6, 6.07) is 0.0452. The molecule has 2 N–H and O–H groups in total. The minimum atomic E-state index is -0.798. The molecule has 1 amide bonds. The largest absolute Gasteiger partial charge is 0.481 e. The maximum Gasteiger partial charge on any atom is 0.303 e. The Labute approximate surface area is 163 Å². The van der Waals surface area contributed by atoms with Crippen LogP contribution in [0.15, 0.2) is 12.2 Å². The standard InChI is InChI=1S/C22H35NO4/c1-4-6-7-8-10-17(3)20(24)15-13-19-14-16-21(25)23(19)18(5-2)11-9-12-22(26)27/h13,15,17-20,24H,4-6,9-12,14,16H2,1-3H3,(H,26,27)/b15-13+/t17-,18?,19-,20+/m0/s1. The number of carboxylic acids is 1. The van der Waals surface area contributed by atoms with Crippen LogP contribution in [0.25, 0.3) is 0 Å². The lowest BCUT2D eigenvalue weighted by atomic mass is 9.99. The second kappa shape index (κ2) is 12.6. The van der Waals surface area contributed by atoms with Crippen LogP contribution in [-0.2, 0) is 9.59 Å². The third kappa shape index (κ3) is 8.17. The number of aliphatic hydroxyl groups excluding tert-OH is 1. The Morgan fingerprint density at radius 3 is 2.74 bits per heavy atom. The predicted octanol–water partition coefficient (Wildman–Crippen LogP) is 3.76. The van der Waals surface area contributed by atoms with Crippen molar-refractivity contribution in [2.75, 3.05) is 0 Å². The van der Waals surface area contributed by atoms with Gasteiger partial charge in [0.25, 0.3) is 0 Å². The number of nitrogens with zero attached hydrogens (tertiary/aromatic N) is 1. The topological polar surface area (TPSA) is 77.8 Å². The predicted molar refractivity (Wildman–Crippen MR) is 107 cm³/mol. The van der Waals surface area contributed by atoms with E-state index in [1.54, 1.807) is 6.08 Å². The van der Waals surface area contributed by atoms with Gasteiger partial charge in [-0.15, -0.1) is 11.8 Å². The lowest BCUT2D eigenvalue weighted by Gasteiger charge is -2.31. The van der Waals surface area contributed by atoms with Crippen LogP contribution in [0.5, 0.6) is 0 Å². The Morgan fingerprint density at radius 2 is 2.11 bits per heavy atom. The van der Waals surface area contributed by atoms with Crippen molar-refractivity contribution in [2.45, 2.75) is 96.7 Å². The van der Waals surface area contributed by atoms with Crippen LogP contribution in [0.3, 0.4) is 0 Å². The molecule has 0 aliphatic carbocycles. The van der Waals surface area contributed by atoms with Crippen LogP contribution >= 0.6 is 0 Å². The molecule has 1 rings (SSSR count). The fourth-order valence-corrected chi connectivity index (χ4v) is 3.42. The number of amides is 1. The van der Waals surface area contributed by atoms with Crippen LogP contribution in [0.2, 0.25) is 0 Å². The first-order chi connectivity index (χ1) is 12.9. The van der Waals surface area contributed by atoms with E-state index < -0.39 is 12.1 Å². The molecule has 5 heteroatoms. The molecule has 0 saturated carbocycles. The number of carbonyl (C=O) groups excluding carboxylic acids is 1. The molecule has 0 aromatic heterocycles. The third-order valence-corrected chi connectivity index (χ3v) is 5.13. The Balaban J connectivity index is 2.65. The van der Waals surface area contributed by atoms with Crippen molar-refractivity contribution in [3.8, 4) is 11.8 Å². The van der Waals surface area contributed by atoms with Gasteiger partial charge in [0.2, 0.25) is 5.91 Å². The number of likely N-dealkylation sites (tertiary alicyclic amines) is 1. The molecule has 1 unspecified atom stereocenters. The molecule has 1 heterocycles. The summed E-state index contributed by atoms with van der Waals surface area (Å²) in [5, 5.41) is 19.2. The summed E-state index contributed by atoms with van der Waals surface area (Å²) < 4.78 is 0. The van der Waals surface area contributed by atoms with E-state index in [0.29, 0.717) is 25.7 Å². The smallest absolute Gasteiger partial charge is 0.303 e. The van der Waals surface area contributed by atoms with E-state index in [2.05, 4.69) is 18.8 Å². The number of carboxylic acid groups (broad SMARTS) is 1. The highest BCUT2D eigenvalue weighted by molar-refractivity contribution is 5.79. The molecule has 0 radical (unpaired) electrons. The summed E-state index contributed by atoms with van der Waals surface area (Å²) in [4.78, 5) is 25.0. The molecular formula is C22H35NO4. The van der Waals surface area contributed by atoms with Gasteiger partial charge in [-0.05, 0) is 38.0 Å². The molecule has 152 valence electrons. The van der Waals surface area contributed by atoms with E-state index in [4.69, 9.17) is 5.11 Å². The van der Waals surface area contributed by atoms with E-state index in [9.17, 15) is 14.7 Å². The van der Waals surface area contributed by atoms with Gasteiger partial charge in [-0.3, -0.25) is 9.59 Å². The molecule has 0 spiro atoms. The van der Waals surface area contributed by atoms with E-state index in [1.165, 1.54) is 0 Å². The zero-order valence-corrected chi connectivity index (χ0v) is 17.0. The van der Waals surface area contributed by atoms with Crippen molar-refractivity contribution < 1.29 is 19.8 Å². The summed E-state index contributed by atoms with van der Waals surface area (Å²) in [5.74, 6) is 5.59. The normalized spacial score (nSPS) is 20.4. The first-order valence-corrected chi connectivity index (χ1v) is 10.3. The van der Waals surface area contributed by atoms with Gasteiger partial charge < -0.3 is 15.1 Å². The van der Waals surface area contributed by atoms with Crippen molar-refractivity contribution in [1.82, 2.24) is 4.90 Å². The van der Waals surface area contributed by atoms with Gasteiger partial charge >= 0.3 is 5.97 Å². The average molecular weight is 378 g/mol. The summed E-state index contributed by atoms with van der Waals surface area (Å²) in [5.41, 5.74) is 0. The molecular weight excluding hydrogens is 342 g/mol. The van der Waals surface area contributed by atoms with Crippen molar-refractivity contribution in [3.63, 3.8) is 0 Å². The SMILES string of the molecule is CCCC#CC[C@H](C)[C@H](O)/C=C/[C@H]1CCC(=O)N1C(CC)CCCC(=O)O. The molecule has 1 fully saturated rings. The average Bonchev–Trinajstić information content (AvgIpc) is 3.00. The number of hydrogen-bond donors (Lipinski definition) is 2. The van der Waals surface area contributed by atoms with Crippen molar-refractivity contribution in [1.29, 1.82) is 0 Å². The van der Waals surface area contributed by atoms with Gasteiger partial charge in [0, 0.05) is 31.7 Å². The Kier molecular flexibility index (Phi) is 10.8. The summed E-state index contributed by atoms with van der Waals surface area (Å²) in [7, 11) is 0. The van der Waals surface area contributed by atoms with E-state index >= 15 is 0 Å². The van der Waals surface area contributed by atoms with Gasteiger partial charge in [-0.2, -0.15) is 0 Å². The van der Waals surface area contributed by atoms with Gasteiger partial charge in [0.05, 0.1) is 12.1 Å². The van der Waals surface area contributed by atoms with Gasteiger partial charge in [0.15, 0.2) is 0 Å². The number of aliphatic hydroxyl groups is 1. The fraction of sp³-hybridized carbons (Fsp3) is 0.727. The summed E-state index contributed by atoms with van der Waals surface area (Å²) in [6.07, 6.45) is 9.23. The van der Waals surface area contributed by atoms with E-state index in [0.717, 1.165) is 25.7 Å². The molecule has 1 aliphatic heterocycles. The second-order valence-electron chi connectivity index (χ2n) is 7.42. The quantitative estimate of drug-likeness (QED) is 0.424. The highest BCUT2D eigenvalue weighted by Gasteiger charge is 2.33. The maximum atomic E-state index is 12.4. The van der Waals surface area contributed by atoms with Crippen molar-refractivity contribution >= 4 is 11.9 Å². The molecule has 0 aromatic rings. The van der Waals surface area contributed by atoms with Crippen LogP contribution in [0, 0.1) is 17.8 Å². The second-order valence-corrected chi connectivity index (χ2v) is 7.42. The molecule has 1 aliphatic rings. The van der Waals surface area contributed by atoms with Crippen LogP contribution in [0.1, 0.15) is 78.6 Å². The minimum Gasteiger partial charge on any atom is -0.481 e. The number of rotatable bonds is 11. The Bertz CT molecular complexity index is 560. The lowest BCUT2D eigenvalue weighted by Crippen LogP contribution is -2.41. The number of aliphatic carboxylic acids is 1. The first-order valence-electron chi connectivity index (χ1n) is 10.3. The molecule has 1 saturated heterocycles. The summed E-state index contributed by atoms with van der Waals surface area (Å²) in [6.45, 7) is 6.10. The zero-order valence-electron chi connectivity index (χ0n) is 17.0. The zero-order chi connectivity index (χ0) is 20.2. The monoisotopic (exact) mass is 377 g/mol. The Hall–Kier alpha value is -1.80. The summed E-state index contributed by atoms with van der Waals surface area (Å²) >= 11 is 0. The van der Waals surface area contributed by atoms with Crippen LogP contribution in [0.4, 0.5) is 0 Å². The molecule has 0 bridgehead atoms. The highest BCUT2D eigenvalue weighted by Crippen LogP contribution is 2.27. The van der Waals surface area contributed by atoms with E-state index in [1.807, 2.05) is 24.8 Å². The molecule has 27 heavy (non-hydrogen) atoms. The number of unbranched alkanes of at least 4 members (excludes halogenated alkanes) is 1. The highest BCUT2D eigenvalue weighted by atomic mass is 16.4. The van der Waals surface area contributed by atoms with Crippen LogP contribution in [-0.4, -0.2) is 45.2 Å². The van der Waals surface area contributed by atoms with Crippen molar-refractivity contribution in [2.24, 2.45) is 5.92 Å². The van der Waals surface area contributed by atoms with Gasteiger partial charge in [0.1, 0.15) is 0 Å². The third-order valence-electron chi connectivity index (χ3n) is 5.13. The molecule has 4 atom stereocenters. The van der Waals surface area contributed by atoms with Crippen molar-refractivity contribution in [3.05, 3.63) is 12.2 Å². The van der Waals surface area contributed by atoms with E-state index in [-0.39, 0.29) is 30.3 Å². The maximum absolute atomic E-state index is 12.4. The number of carbonyl (C=O) groups is 2. The lowest BCUT2D eigenvalue weighted by molar-refractivity contribution is -0.137. The van der Waals surface area contributed by atoms with Gasteiger partial charge in [-0.1, -0.05) is 32.9 Å². The molecule has 5 nitrogen and oxygen atoms in total. The number of hydrogen-bond acceptors (Lipinski definition) is 3. The molecule has 0 aromatic carbocycles. The van der Waals surface area contributed by atoms with Crippen LogP contribution < -0.4 is 0 Å². The van der Waals surface area contributed by atoms with Gasteiger partial charge in [-0.25, -0.2) is 0 Å². The minimum absolute atomic E-state index is 0.0136.